The van der Waals surface area contributed by atoms with E-state index in [-0.39, 0.29) is 24.0 Å². The van der Waals surface area contributed by atoms with Crippen LogP contribution in [0.4, 0.5) is 0 Å². The van der Waals surface area contributed by atoms with Gasteiger partial charge in [-0.15, -0.1) is 0 Å². The highest BCUT2D eigenvalue weighted by atomic mass is 16.5. The Bertz CT molecular complexity index is 265. The lowest BCUT2D eigenvalue weighted by Gasteiger charge is -2.31. The summed E-state index contributed by atoms with van der Waals surface area (Å²) < 4.78 is 5.74. The lowest BCUT2D eigenvalue weighted by molar-refractivity contribution is -0.158. The van der Waals surface area contributed by atoms with E-state index in [9.17, 15) is 4.79 Å². The van der Waals surface area contributed by atoms with Crippen LogP contribution in [0, 0.1) is 11.8 Å². The van der Waals surface area contributed by atoms with Crippen LogP contribution in [0.25, 0.3) is 0 Å². The molecule has 0 spiro atoms. The average molecular weight is 269 g/mol. The molecule has 0 saturated heterocycles. The lowest BCUT2D eigenvalue weighted by Crippen LogP contribution is -2.31. The van der Waals surface area contributed by atoms with Crippen LogP contribution in [0.2, 0.25) is 0 Å². The second-order valence-electron chi connectivity index (χ2n) is 6.24. The quantitative estimate of drug-likeness (QED) is 0.718. The molecule has 0 aromatic carbocycles. The zero-order valence-electron chi connectivity index (χ0n) is 12.9. The van der Waals surface area contributed by atoms with Crippen LogP contribution in [0.5, 0.6) is 0 Å². The lowest BCUT2D eigenvalue weighted by atomic mass is 9.84. The SMILES string of the molecule is CCC1CCCCC1OC(=O)C(C)CCCC(C)N. The van der Waals surface area contributed by atoms with Crippen LogP contribution in [-0.2, 0) is 9.53 Å². The van der Waals surface area contributed by atoms with E-state index in [1.807, 2.05) is 13.8 Å². The van der Waals surface area contributed by atoms with Gasteiger partial charge in [-0.3, -0.25) is 4.79 Å². The van der Waals surface area contributed by atoms with Gasteiger partial charge in [-0.05, 0) is 51.4 Å². The fraction of sp³-hybridized carbons (Fsp3) is 0.938. The van der Waals surface area contributed by atoms with Gasteiger partial charge in [0.2, 0.25) is 0 Å². The van der Waals surface area contributed by atoms with E-state index < -0.39 is 0 Å². The molecule has 4 atom stereocenters. The van der Waals surface area contributed by atoms with Gasteiger partial charge in [-0.25, -0.2) is 0 Å². The molecule has 4 unspecified atom stereocenters. The Kier molecular flexibility index (Phi) is 7.44. The summed E-state index contributed by atoms with van der Waals surface area (Å²) in [6.07, 6.45) is 8.94. The topological polar surface area (TPSA) is 52.3 Å². The van der Waals surface area contributed by atoms with E-state index >= 15 is 0 Å². The molecule has 19 heavy (non-hydrogen) atoms. The first-order chi connectivity index (χ1) is 9.04. The summed E-state index contributed by atoms with van der Waals surface area (Å²) in [4.78, 5) is 12.1. The third kappa shape index (κ3) is 5.94. The van der Waals surface area contributed by atoms with Gasteiger partial charge in [0, 0.05) is 6.04 Å². The number of hydrogen-bond acceptors (Lipinski definition) is 3. The van der Waals surface area contributed by atoms with Gasteiger partial charge in [0.15, 0.2) is 0 Å². The average Bonchev–Trinajstić information content (AvgIpc) is 2.38. The van der Waals surface area contributed by atoms with E-state index in [1.54, 1.807) is 0 Å². The highest BCUT2D eigenvalue weighted by molar-refractivity contribution is 5.72. The minimum Gasteiger partial charge on any atom is -0.462 e. The van der Waals surface area contributed by atoms with Crippen molar-refractivity contribution in [1.29, 1.82) is 0 Å². The summed E-state index contributed by atoms with van der Waals surface area (Å²) in [5, 5.41) is 0. The number of rotatable bonds is 7. The summed E-state index contributed by atoms with van der Waals surface area (Å²) in [5.74, 6) is 0.585. The van der Waals surface area contributed by atoms with Crippen molar-refractivity contribution in [2.75, 3.05) is 0 Å². The molecule has 0 aliphatic heterocycles. The van der Waals surface area contributed by atoms with Gasteiger partial charge in [-0.1, -0.05) is 26.7 Å². The van der Waals surface area contributed by atoms with Gasteiger partial charge < -0.3 is 10.5 Å². The molecule has 1 saturated carbocycles. The normalized spacial score (nSPS) is 26.7. The zero-order chi connectivity index (χ0) is 14.3. The van der Waals surface area contributed by atoms with E-state index in [0.29, 0.717) is 5.92 Å². The fourth-order valence-electron chi connectivity index (χ4n) is 2.93. The highest BCUT2D eigenvalue weighted by Gasteiger charge is 2.28. The number of carbonyl (C=O) groups excluding carboxylic acids is 1. The Labute approximate surface area is 118 Å². The Balaban J connectivity index is 2.31. The summed E-state index contributed by atoms with van der Waals surface area (Å²) in [7, 11) is 0. The summed E-state index contributed by atoms with van der Waals surface area (Å²) in [5.41, 5.74) is 5.72. The standard InChI is InChI=1S/C16H31NO2/c1-4-14-10-5-6-11-15(14)19-16(18)12(2)8-7-9-13(3)17/h12-15H,4-11,17H2,1-3H3. The van der Waals surface area contributed by atoms with Crippen LogP contribution >= 0.6 is 0 Å². The van der Waals surface area contributed by atoms with Gasteiger partial charge in [-0.2, -0.15) is 0 Å². The minimum absolute atomic E-state index is 0.00461. The fourth-order valence-corrected chi connectivity index (χ4v) is 2.93. The number of hydrogen-bond donors (Lipinski definition) is 1. The van der Waals surface area contributed by atoms with Gasteiger partial charge in [0.25, 0.3) is 0 Å². The van der Waals surface area contributed by atoms with Crippen molar-refractivity contribution < 1.29 is 9.53 Å². The van der Waals surface area contributed by atoms with E-state index in [1.165, 1.54) is 19.3 Å². The van der Waals surface area contributed by atoms with Crippen molar-refractivity contribution in [1.82, 2.24) is 0 Å². The van der Waals surface area contributed by atoms with Gasteiger partial charge >= 0.3 is 5.97 Å². The maximum Gasteiger partial charge on any atom is 0.308 e. The first-order valence-corrected chi connectivity index (χ1v) is 8.00. The molecule has 0 radical (unpaired) electrons. The Hall–Kier alpha value is -0.570. The van der Waals surface area contributed by atoms with Crippen LogP contribution in [0.1, 0.15) is 72.1 Å². The number of ether oxygens (including phenoxy) is 1. The summed E-state index contributed by atoms with van der Waals surface area (Å²) >= 11 is 0. The van der Waals surface area contributed by atoms with Gasteiger partial charge in [0.1, 0.15) is 6.10 Å². The molecule has 1 fully saturated rings. The molecule has 112 valence electrons. The molecule has 0 bridgehead atoms. The maximum absolute atomic E-state index is 12.1. The zero-order valence-corrected chi connectivity index (χ0v) is 12.9. The molecular weight excluding hydrogens is 238 g/mol. The first kappa shape index (κ1) is 16.5. The second kappa shape index (κ2) is 8.57. The Morgan fingerprint density at radius 2 is 1.95 bits per heavy atom. The van der Waals surface area contributed by atoms with Crippen LogP contribution in [-0.4, -0.2) is 18.1 Å². The molecule has 0 amide bonds. The van der Waals surface area contributed by atoms with Crippen molar-refractivity contribution in [2.45, 2.75) is 84.3 Å². The third-order valence-corrected chi connectivity index (χ3v) is 4.33. The predicted octanol–water partition coefficient (Wildman–Crippen LogP) is 3.65. The predicted molar refractivity (Wildman–Crippen MR) is 78.8 cm³/mol. The highest BCUT2D eigenvalue weighted by Crippen LogP contribution is 2.30. The molecule has 1 aliphatic carbocycles. The van der Waals surface area contributed by atoms with Crippen LogP contribution < -0.4 is 5.73 Å². The van der Waals surface area contributed by atoms with Gasteiger partial charge in [0.05, 0.1) is 5.92 Å². The Morgan fingerprint density at radius 1 is 1.26 bits per heavy atom. The monoisotopic (exact) mass is 269 g/mol. The molecule has 2 N–H and O–H groups in total. The molecule has 0 heterocycles. The maximum atomic E-state index is 12.1. The second-order valence-corrected chi connectivity index (χ2v) is 6.24. The first-order valence-electron chi connectivity index (χ1n) is 8.00. The Morgan fingerprint density at radius 3 is 2.58 bits per heavy atom. The van der Waals surface area contributed by atoms with Crippen LogP contribution in [0.15, 0.2) is 0 Å². The van der Waals surface area contributed by atoms with E-state index in [2.05, 4.69) is 6.92 Å². The smallest absolute Gasteiger partial charge is 0.308 e. The van der Waals surface area contributed by atoms with Crippen molar-refractivity contribution in [2.24, 2.45) is 17.6 Å². The molecule has 3 heteroatoms. The van der Waals surface area contributed by atoms with Crippen molar-refractivity contribution in [3.63, 3.8) is 0 Å². The van der Waals surface area contributed by atoms with Crippen LogP contribution in [0.3, 0.4) is 0 Å². The van der Waals surface area contributed by atoms with Crippen molar-refractivity contribution in [3.8, 4) is 0 Å². The molecular formula is C16H31NO2. The number of carbonyl (C=O) groups is 1. The molecule has 0 aromatic heterocycles. The minimum atomic E-state index is -0.00461. The summed E-state index contributed by atoms with van der Waals surface area (Å²) in [6.45, 7) is 6.19. The molecule has 3 nitrogen and oxygen atoms in total. The molecule has 1 rings (SSSR count). The largest absolute Gasteiger partial charge is 0.462 e. The van der Waals surface area contributed by atoms with E-state index in [4.69, 9.17) is 10.5 Å². The summed E-state index contributed by atoms with van der Waals surface area (Å²) in [6, 6.07) is 0.228. The molecule has 0 aromatic rings. The van der Waals surface area contributed by atoms with E-state index in [0.717, 1.165) is 32.1 Å². The van der Waals surface area contributed by atoms with Crippen molar-refractivity contribution in [3.05, 3.63) is 0 Å². The molecule has 1 aliphatic rings. The van der Waals surface area contributed by atoms with Crippen molar-refractivity contribution >= 4 is 5.97 Å². The number of nitrogens with two attached hydrogens (primary N) is 1. The number of esters is 1. The third-order valence-electron chi connectivity index (χ3n) is 4.33.